The molecule has 1 atom stereocenters. The molecule has 0 radical (unpaired) electrons. The van der Waals surface area contributed by atoms with Gasteiger partial charge in [-0.1, -0.05) is 12.1 Å². The van der Waals surface area contributed by atoms with Gasteiger partial charge in [0.25, 0.3) is 0 Å². The highest BCUT2D eigenvalue weighted by atomic mass is 16.7. The Hall–Kier alpha value is -3.48. The molecule has 2 amide bonds. The third kappa shape index (κ3) is 3.78. The van der Waals surface area contributed by atoms with Crippen molar-refractivity contribution in [2.75, 3.05) is 25.3 Å². The van der Waals surface area contributed by atoms with Gasteiger partial charge in [-0.3, -0.25) is 9.59 Å². The lowest BCUT2D eigenvalue weighted by Gasteiger charge is -2.17. The number of ether oxygens (including phenoxy) is 3. The summed E-state index contributed by atoms with van der Waals surface area (Å²) >= 11 is 0. The van der Waals surface area contributed by atoms with E-state index in [2.05, 4.69) is 5.32 Å². The summed E-state index contributed by atoms with van der Waals surface area (Å²) < 4.78 is 15.8. The number of rotatable bonds is 5. The molecule has 0 unspecified atom stereocenters. The van der Waals surface area contributed by atoms with Crippen LogP contribution in [0.4, 0.5) is 5.69 Å². The molecule has 2 aliphatic heterocycles. The van der Waals surface area contributed by atoms with Crippen molar-refractivity contribution in [1.29, 1.82) is 0 Å². The Morgan fingerprint density at radius 3 is 2.93 bits per heavy atom. The summed E-state index contributed by atoms with van der Waals surface area (Å²) in [5.74, 6) is 1.77. The lowest BCUT2D eigenvalue weighted by atomic mass is 10.2. The summed E-state index contributed by atoms with van der Waals surface area (Å²) in [5.41, 5.74) is 1.59. The van der Waals surface area contributed by atoms with Gasteiger partial charge in [0.15, 0.2) is 11.5 Å². The number of amides is 2. The molecule has 7 nitrogen and oxygen atoms in total. The fourth-order valence-corrected chi connectivity index (χ4v) is 3.27. The van der Waals surface area contributed by atoms with Crippen molar-refractivity contribution < 1.29 is 23.8 Å². The van der Waals surface area contributed by atoms with Crippen LogP contribution in [-0.2, 0) is 9.59 Å². The van der Waals surface area contributed by atoms with Crippen molar-refractivity contribution in [2.45, 2.75) is 12.5 Å². The Kier molecular flexibility index (Phi) is 4.89. The topological polar surface area (TPSA) is 77.1 Å². The molecule has 2 aliphatic rings. The molecule has 0 aromatic heterocycles. The summed E-state index contributed by atoms with van der Waals surface area (Å²) in [5, 5.41) is 2.88. The van der Waals surface area contributed by atoms with Crippen LogP contribution >= 0.6 is 0 Å². The molecule has 0 spiro atoms. The van der Waals surface area contributed by atoms with E-state index in [4.69, 9.17) is 14.2 Å². The first-order chi connectivity index (χ1) is 13.6. The van der Waals surface area contributed by atoms with E-state index in [1.54, 1.807) is 18.1 Å². The van der Waals surface area contributed by atoms with Gasteiger partial charge in [-0.05, 0) is 35.9 Å². The van der Waals surface area contributed by atoms with Gasteiger partial charge in [0.1, 0.15) is 5.75 Å². The first-order valence-corrected chi connectivity index (χ1v) is 8.95. The summed E-state index contributed by atoms with van der Waals surface area (Å²) in [6.07, 6.45) is 3.42. The zero-order valence-electron chi connectivity index (χ0n) is 15.4. The lowest BCUT2D eigenvalue weighted by Crippen LogP contribution is -2.36. The maximum Gasteiger partial charge on any atom is 0.244 e. The number of nitrogens with zero attached hydrogens (tertiary/aromatic N) is 1. The first kappa shape index (κ1) is 17.9. The minimum absolute atomic E-state index is 0.0293. The molecule has 28 heavy (non-hydrogen) atoms. The Morgan fingerprint density at radius 1 is 1.21 bits per heavy atom. The molecule has 144 valence electrons. The van der Waals surface area contributed by atoms with Gasteiger partial charge >= 0.3 is 0 Å². The monoisotopic (exact) mass is 380 g/mol. The summed E-state index contributed by atoms with van der Waals surface area (Å²) in [6.45, 7) is 0.637. The third-order valence-corrected chi connectivity index (χ3v) is 4.66. The van der Waals surface area contributed by atoms with Crippen LogP contribution in [0.2, 0.25) is 0 Å². The van der Waals surface area contributed by atoms with Crippen LogP contribution in [0.5, 0.6) is 17.2 Å². The van der Waals surface area contributed by atoms with Crippen molar-refractivity contribution in [2.24, 2.45) is 0 Å². The number of carbonyl (C=O) groups is 2. The molecule has 1 N–H and O–H groups in total. The second-order valence-corrected chi connectivity index (χ2v) is 6.56. The van der Waals surface area contributed by atoms with Crippen molar-refractivity contribution in [1.82, 2.24) is 5.32 Å². The Morgan fingerprint density at radius 2 is 2.07 bits per heavy atom. The minimum Gasteiger partial charge on any atom is -0.497 e. The molecule has 1 saturated heterocycles. The van der Waals surface area contributed by atoms with Crippen LogP contribution in [-0.4, -0.2) is 38.3 Å². The van der Waals surface area contributed by atoms with Crippen LogP contribution in [0.25, 0.3) is 6.08 Å². The largest absolute Gasteiger partial charge is 0.497 e. The SMILES string of the molecule is COc1cccc(N2C[C@@H](NC(=O)/C=C\c3ccc4c(c3)OCO4)CC2=O)c1. The van der Waals surface area contributed by atoms with Gasteiger partial charge in [-0.15, -0.1) is 0 Å². The normalized spacial score (nSPS) is 18.0. The molecule has 0 saturated carbocycles. The van der Waals surface area contributed by atoms with Crippen molar-refractivity contribution in [3.05, 3.63) is 54.1 Å². The smallest absolute Gasteiger partial charge is 0.244 e. The highest BCUT2D eigenvalue weighted by molar-refractivity contribution is 5.98. The van der Waals surface area contributed by atoms with E-state index in [1.165, 1.54) is 6.08 Å². The maximum atomic E-state index is 12.3. The Balaban J connectivity index is 1.36. The van der Waals surface area contributed by atoms with Crippen LogP contribution in [0.3, 0.4) is 0 Å². The number of carbonyl (C=O) groups excluding carboxylic acids is 2. The summed E-state index contributed by atoms with van der Waals surface area (Å²) in [6, 6.07) is 12.5. The number of nitrogens with one attached hydrogen (secondary N) is 1. The van der Waals surface area contributed by atoms with Gasteiger partial charge in [-0.2, -0.15) is 0 Å². The third-order valence-electron chi connectivity index (χ3n) is 4.66. The molecular weight excluding hydrogens is 360 g/mol. The highest BCUT2D eigenvalue weighted by Crippen LogP contribution is 2.32. The number of anilines is 1. The van der Waals surface area contributed by atoms with E-state index in [9.17, 15) is 9.59 Å². The van der Waals surface area contributed by atoms with Crippen LogP contribution < -0.4 is 24.4 Å². The van der Waals surface area contributed by atoms with E-state index in [-0.39, 0.29) is 31.1 Å². The van der Waals surface area contributed by atoms with E-state index in [0.717, 1.165) is 11.3 Å². The van der Waals surface area contributed by atoms with Gasteiger partial charge in [-0.25, -0.2) is 0 Å². The Bertz CT molecular complexity index is 940. The van der Waals surface area contributed by atoms with Crippen molar-refractivity contribution in [3.8, 4) is 17.2 Å². The average molecular weight is 380 g/mol. The molecule has 1 fully saturated rings. The second kappa shape index (κ2) is 7.64. The highest BCUT2D eigenvalue weighted by Gasteiger charge is 2.31. The average Bonchev–Trinajstić information content (AvgIpc) is 3.32. The van der Waals surface area contributed by atoms with Gasteiger partial charge < -0.3 is 24.4 Å². The van der Waals surface area contributed by atoms with Crippen LogP contribution in [0.15, 0.2) is 48.5 Å². The number of hydrogen-bond acceptors (Lipinski definition) is 5. The number of benzene rings is 2. The van der Waals surface area contributed by atoms with Crippen molar-refractivity contribution >= 4 is 23.6 Å². The van der Waals surface area contributed by atoms with E-state index in [1.807, 2.05) is 42.5 Å². The van der Waals surface area contributed by atoms with Gasteiger partial charge in [0.05, 0.1) is 13.2 Å². The first-order valence-electron chi connectivity index (χ1n) is 8.95. The molecule has 2 aromatic rings. The number of methoxy groups -OCH3 is 1. The zero-order valence-corrected chi connectivity index (χ0v) is 15.4. The lowest BCUT2D eigenvalue weighted by molar-refractivity contribution is -0.117. The van der Waals surface area contributed by atoms with E-state index < -0.39 is 0 Å². The summed E-state index contributed by atoms with van der Waals surface area (Å²) in [7, 11) is 1.58. The van der Waals surface area contributed by atoms with E-state index >= 15 is 0 Å². The fourth-order valence-electron chi connectivity index (χ4n) is 3.27. The Labute approximate surface area is 162 Å². The fraction of sp³-hybridized carbons (Fsp3) is 0.238. The predicted octanol–water partition coefficient (Wildman–Crippen LogP) is 2.36. The molecule has 0 bridgehead atoms. The molecule has 2 heterocycles. The summed E-state index contributed by atoms with van der Waals surface area (Å²) in [4.78, 5) is 26.3. The van der Waals surface area contributed by atoms with Gasteiger partial charge in [0, 0.05) is 30.8 Å². The second-order valence-electron chi connectivity index (χ2n) is 6.56. The molecular formula is C21H20N2O5. The molecule has 4 rings (SSSR count). The number of fused-ring (bicyclic) bond motifs is 1. The molecule has 2 aromatic carbocycles. The molecule has 0 aliphatic carbocycles. The standard InChI is InChI=1S/C21H20N2O5/c1-26-17-4-2-3-16(11-17)23-12-15(10-21(23)25)22-20(24)8-6-14-5-7-18-19(9-14)28-13-27-18/h2-9,11,15H,10,12-13H2,1H3,(H,22,24)/b8-6-/t15-/m0/s1. The van der Waals surface area contributed by atoms with Crippen LogP contribution in [0, 0.1) is 0 Å². The van der Waals surface area contributed by atoms with E-state index in [0.29, 0.717) is 23.8 Å². The van der Waals surface area contributed by atoms with Crippen molar-refractivity contribution in [3.63, 3.8) is 0 Å². The minimum atomic E-state index is -0.247. The maximum absolute atomic E-state index is 12.3. The predicted molar refractivity (Wildman–Crippen MR) is 103 cm³/mol. The molecule has 7 heteroatoms. The van der Waals surface area contributed by atoms with Crippen LogP contribution in [0.1, 0.15) is 12.0 Å². The quantitative estimate of drug-likeness (QED) is 0.806. The van der Waals surface area contributed by atoms with Gasteiger partial charge in [0.2, 0.25) is 18.6 Å². The number of hydrogen-bond donors (Lipinski definition) is 1. The zero-order chi connectivity index (χ0) is 19.5.